The van der Waals surface area contributed by atoms with Crippen molar-refractivity contribution in [1.82, 2.24) is 4.57 Å². The first-order valence-electron chi connectivity index (χ1n) is 12.8. The SMILES string of the molecule is O=c1/c(=C\c2cccc(OCc3ccc(Br)cc3)c2)sc2n1[C@H](c1cccs1)C1=C(N=2)c2ccccc2CC1. The van der Waals surface area contributed by atoms with Crippen LogP contribution >= 0.6 is 38.6 Å². The number of nitrogens with zero attached hydrogens (tertiary/aromatic N) is 2. The predicted molar refractivity (Wildman–Crippen MR) is 162 cm³/mol. The number of benzene rings is 3. The van der Waals surface area contributed by atoms with Gasteiger partial charge in [0.2, 0.25) is 0 Å². The largest absolute Gasteiger partial charge is 0.489 e. The summed E-state index contributed by atoms with van der Waals surface area (Å²) in [5.74, 6) is 0.767. The van der Waals surface area contributed by atoms with Crippen molar-refractivity contribution in [2.45, 2.75) is 25.5 Å². The van der Waals surface area contributed by atoms with Crippen LogP contribution in [0.1, 0.15) is 39.6 Å². The molecule has 192 valence electrons. The lowest BCUT2D eigenvalue weighted by atomic mass is 9.85. The van der Waals surface area contributed by atoms with Gasteiger partial charge in [-0.1, -0.05) is 81.9 Å². The number of thiophene rings is 1. The van der Waals surface area contributed by atoms with Crippen LogP contribution in [0.3, 0.4) is 0 Å². The zero-order chi connectivity index (χ0) is 26.3. The van der Waals surface area contributed by atoms with Crippen molar-refractivity contribution in [2.75, 3.05) is 0 Å². The lowest BCUT2D eigenvalue weighted by Crippen LogP contribution is -2.38. The Hall–Kier alpha value is -3.52. The minimum atomic E-state index is -0.118. The molecule has 1 aliphatic carbocycles. The summed E-state index contributed by atoms with van der Waals surface area (Å²) in [6.45, 7) is 0.479. The van der Waals surface area contributed by atoms with Crippen LogP contribution in [0.15, 0.2) is 110 Å². The first-order chi connectivity index (χ1) is 19.1. The van der Waals surface area contributed by atoms with Crippen LogP contribution in [0, 0.1) is 0 Å². The lowest BCUT2D eigenvalue weighted by molar-refractivity contribution is 0.306. The van der Waals surface area contributed by atoms with Crippen LogP contribution in [0.5, 0.6) is 5.75 Å². The molecule has 0 saturated heterocycles. The maximum absolute atomic E-state index is 13.9. The number of rotatable bonds is 5. The molecule has 3 heterocycles. The molecule has 1 aliphatic heterocycles. The van der Waals surface area contributed by atoms with E-state index in [2.05, 4.69) is 57.7 Å². The number of fused-ring (bicyclic) bond motifs is 3. The summed E-state index contributed by atoms with van der Waals surface area (Å²) in [7, 11) is 0. The van der Waals surface area contributed by atoms with Crippen LogP contribution in [0.2, 0.25) is 0 Å². The maximum atomic E-state index is 13.9. The highest BCUT2D eigenvalue weighted by molar-refractivity contribution is 9.10. The van der Waals surface area contributed by atoms with Gasteiger partial charge in [0.1, 0.15) is 12.4 Å². The second-order valence-electron chi connectivity index (χ2n) is 9.62. The van der Waals surface area contributed by atoms with Gasteiger partial charge >= 0.3 is 0 Å². The van der Waals surface area contributed by atoms with E-state index in [9.17, 15) is 4.79 Å². The molecule has 0 N–H and O–H groups in total. The van der Waals surface area contributed by atoms with Crippen molar-refractivity contribution in [3.05, 3.63) is 147 Å². The molecule has 2 aromatic heterocycles. The Labute approximate surface area is 242 Å². The van der Waals surface area contributed by atoms with Gasteiger partial charge in [-0.25, -0.2) is 4.99 Å². The Morgan fingerprint density at radius 3 is 2.72 bits per heavy atom. The van der Waals surface area contributed by atoms with E-state index in [4.69, 9.17) is 9.73 Å². The number of allylic oxidation sites excluding steroid dienone is 1. The average Bonchev–Trinajstić information content (AvgIpc) is 3.60. The van der Waals surface area contributed by atoms with Gasteiger partial charge < -0.3 is 4.74 Å². The van der Waals surface area contributed by atoms with Gasteiger partial charge in [0.15, 0.2) is 4.80 Å². The third-order valence-corrected chi connectivity index (χ3v) is 9.60. The summed E-state index contributed by atoms with van der Waals surface area (Å²) in [6, 6.07) is 28.6. The van der Waals surface area contributed by atoms with E-state index in [1.165, 1.54) is 32.9 Å². The van der Waals surface area contributed by atoms with Crippen LogP contribution in [0.4, 0.5) is 0 Å². The fourth-order valence-corrected chi connectivity index (χ4v) is 7.42. The Morgan fingerprint density at radius 1 is 1.00 bits per heavy atom. The van der Waals surface area contributed by atoms with Crippen molar-refractivity contribution >= 4 is 50.4 Å². The van der Waals surface area contributed by atoms with Crippen molar-refractivity contribution in [3.63, 3.8) is 0 Å². The summed E-state index contributed by atoms with van der Waals surface area (Å²) < 4.78 is 9.67. The standard InChI is InChI=1S/C32H23BrN2O2S2/c33-23-13-10-20(11-14-23)19-37-24-7-3-5-21(17-24)18-28-31(36)35-30(27-9-4-16-38-27)26-15-12-22-6-1-2-8-25(22)29(26)34-32(35)39-28/h1-11,13-14,16-18,30H,12,15,19H2/b28-18+/t30-/m0/s1. The van der Waals surface area contributed by atoms with E-state index < -0.39 is 0 Å². The van der Waals surface area contributed by atoms with Gasteiger partial charge in [-0.05, 0) is 76.9 Å². The molecule has 0 unspecified atom stereocenters. The molecule has 0 bridgehead atoms. The molecule has 7 heteroatoms. The van der Waals surface area contributed by atoms with Crippen molar-refractivity contribution in [3.8, 4) is 5.75 Å². The molecule has 3 aromatic carbocycles. The molecule has 0 saturated carbocycles. The number of ether oxygens (including phenoxy) is 1. The molecule has 2 aliphatic rings. The topological polar surface area (TPSA) is 43.6 Å². The van der Waals surface area contributed by atoms with E-state index in [-0.39, 0.29) is 11.6 Å². The smallest absolute Gasteiger partial charge is 0.271 e. The molecule has 0 radical (unpaired) electrons. The molecular weight excluding hydrogens is 588 g/mol. The van der Waals surface area contributed by atoms with E-state index in [1.807, 2.05) is 59.2 Å². The highest BCUT2D eigenvalue weighted by Crippen LogP contribution is 2.42. The first kappa shape index (κ1) is 24.5. The Balaban J connectivity index is 1.29. The second-order valence-corrected chi connectivity index (χ2v) is 12.5. The molecular formula is C32H23BrN2O2S2. The van der Waals surface area contributed by atoms with E-state index in [0.29, 0.717) is 11.1 Å². The van der Waals surface area contributed by atoms with Crippen LogP contribution < -0.4 is 19.6 Å². The average molecular weight is 612 g/mol. The van der Waals surface area contributed by atoms with Gasteiger partial charge in [0.05, 0.1) is 16.3 Å². The molecule has 7 rings (SSSR count). The summed E-state index contributed by atoms with van der Waals surface area (Å²) in [5.41, 5.74) is 6.80. The Kier molecular flexibility index (Phi) is 6.43. The molecule has 4 nitrogen and oxygen atoms in total. The Morgan fingerprint density at radius 2 is 1.87 bits per heavy atom. The monoisotopic (exact) mass is 610 g/mol. The number of aryl methyl sites for hydroxylation is 1. The maximum Gasteiger partial charge on any atom is 0.271 e. The zero-order valence-electron chi connectivity index (χ0n) is 20.8. The number of hydrogen-bond acceptors (Lipinski definition) is 5. The second kappa shape index (κ2) is 10.2. The van der Waals surface area contributed by atoms with Gasteiger partial charge in [-0.3, -0.25) is 9.36 Å². The molecule has 1 atom stereocenters. The molecule has 0 fully saturated rings. The quantitative estimate of drug-likeness (QED) is 0.222. The van der Waals surface area contributed by atoms with Crippen molar-refractivity contribution < 1.29 is 4.74 Å². The van der Waals surface area contributed by atoms with E-state index in [0.717, 1.165) is 44.7 Å². The highest BCUT2D eigenvalue weighted by atomic mass is 79.9. The normalized spacial score (nSPS) is 16.3. The van der Waals surface area contributed by atoms with Crippen LogP contribution in [-0.4, -0.2) is 4.57 Å². The van der Waals surface area contributed by atoms with Crippen molar-refractivity contribution in [1.29, 1.82) is 0 Å². The third kappa shape index (κ3) is 4.65. The van der Waals surface area contributed by atoms with Gasteiger partial charge in [0.25, 0.3) is 5.56 Å². The van der Waals surface area contributed by atoms with Gasteiger partial charge in [0, 0.05) is 14.9 Å². The molecule has 39 heavy (non-hydrogen) atoms. The number of halogens is 1. The third-order valence-electron chi connectivity index (χ3n) is 7.16. The lowest BCUT2D eigenvalue weighted by Gasteiger charge is -2.30. The van der Waals surface area contributed by atoms with E-state index in [1.54, 1.807) is 11.3 Å². The van der Waals surface area contributed by atoms with Gasteiger partial charge in [-0.15, -0.1) is 11.3 Å². The van der Waals surface area contributed by atoms with Gasteiger partial charge in [-0.2, -0.15) is 0 Å². The predicted octanol–water partition coefficient (Wildman–Crippen LogP) is 6.72. The van der Waals surface area contributed by atoms with Crippen molar-refractivity contribution in [2.24, 2.45) is 4.99 Å². The molecule has 0 spiro atoms. The van der Waals surface area contributed by atoms with Crippen LogP contribution in [-0.2, 0) is 13.0 Å². The summed E-state index contributed by atoms with van der Waals surface area (Å²) in [6.07, 6.45) is 3.82. The summed E-state index contributed by atoms with van der Waals surface area (Å²) in [5, 5.41) is 2.09. The minimum absolute atomic E-state index is 0.00347. The summed E-state index contributed by atoms with van der Waals surface area (Å²) in [4.78, 5) is 20.9. The number of thiazole rings is 1. The van der Waals surface area contributed by atoms with E-state index >= 15 is 0 Å². The minimum Gasteiger partial charge on any atom is -0.489 e. The molecule has 0 amide bonds. The number of aromatic nitrogens is 1. The summed E-state index contributed by atoms with van der Waals surface area (Å²) >= 11 is 6.63. The molecule has 5 aromatic rings. The zero-order valence-corrected chi connectivity index (χ0v) is 24.1. The fraction of sp³-hybridized carbons (Fsp3) is 0.125. The first-order valence-corrected chi connectivity index (χ1v) is 15.3. The highest BCUT2D eigenvalue weighted by Gasteiger charge is 2.32. The Bertz CT molecular complexity index is 1900. The van der Waals surface area contributed by atoms with Crippen LogP contribution in [0.25, 0.3) is 11.8 Å². The number of hydrogen-bond donors (Lipinski definition) is 0. The fourth-order valence-electron chi connectivity index (χ4n) is 5.31.